The van der Waals surface area contributed by atoms with Crippen LogP contribution in [0.3, 0.4) is 0 Å². The molecule has 0 radical (unpaired) electrons. The fourth-order valence-corrected chi connectivity index (χ4v) is 5.28. The first kappa shape index (κ1) is 15.7. The summed E-state index contributed by atoms with van der Waals surface area (Å²) in [6.45, 7) is 5.33. The summed E-state index contributed by atoms with van der Waals surface area (Å²) in [5.41, 5.74) is -0.432. The van der Waals surface area contributed by atoms with Crippen molar-refractivity contribution in [1.29, 1.82) is 0 Å². The molecule has 1 spiro atoms. The molecule has 7 heteroatoms. The van der Waals surface area contributed by atoms with E-state index in [0.29, 0.717) is 39.5 Å². The third kappa shape index (κ3) is 3.42. The maximum absolute atomic E-state index is 12.7. The zero-order chi connectivity index (χ0) is 14.9. The molecule has 3 saturated heterocycles. The average molecular weight is 319 g/mol. The highest BCUT2D eigenvalue weighted by atomic mass is 32.2. The molecule has 122 valence electrons. The SMILES string of the molecule is CCC1CN(S(=O)(=O)CC2CCOC2)CC2(CCOC2)O1. The molecule has 0 aliphatic carbocycles. The Morgan fingerprint density at radius 1 is 1.29 bits per heavy atom. The molecule has 3 aliphatic heterocycles. The van der Waals surface area contributed by atoms with Crippen LogP contribution in [0.1, 0.15) is 26.2 Å². The molecule has 21 heavy (non-hydrogen) atoms. The maximum Gasteiger partial charge on any atom is 0.214 e. The second-order valence-corrected chi connectivity index (χ2v) is 8.45. The Morgan fingerprint density at radius 2 is 2.14 bits per heavy atom. The topological polar surface area (TPSA) is 65.1 Å². The van der Waals surface area contributed by atoms with Crippen molar-refractivity contribution in [1.82, 2.24) is 4.31 Å². The van der Waals surface area contributed by atoms with E-state index in [1.807, 2.05) is 6.92 Å². The molecule has 3 aliphatic rings. The zero-order valence-corrected chi connectivity index (χ0v) is 13.4. The van der Waals surface area contributed by atoms with E-state index in [1.54, 1.807) is 4.31 Å². The van der Waals surface area contributed by atoms with Gasteiger partial charge in [0.1, 0.15) is 5.60 Å². The van der Waals surface area contributed by atoms with Crippen LogP contribution < -0.4 is 0 Å². The third-order valence-corrected chi connectivity index (χ3v) is 6.63. The van der Waals surface area contributed by atoms with Gasteiger partial charge in [0.15, 0.2) is 0 Å². The smallest absolute Gasteiger partial charge is 0.214 e. The van der Waals surface area contributed by atoms with Crippen molar-refractivity contribution in [3.63, 3.8) is 0 Å². The van der Waals surface area contributed by atoms with E-state index in [1.165, 1.54) is 0 Å². The number of nitrogens with zero attached hydrogens (tertiary/aromatic N) is 1. The lowest BCUT2D eigenvalue weighted by molar-refractivity contribution is -0.137. The Morgan fingerprint density at radius 3 is 2.76 bits per heavy atom. The lowest BCUT2D eigenvalue weighted by Crippen LogP contribution is -2.58. The molecule has 3 rings (SSSR count). The monoisotopic (exact) mass is 319 g/mol. The molecule has 0 amide bonds. The van der Waals surface area contributed by atoms with Crippen LogP contribution in [0.2, 0.25) is 0 Å². The first-order valence-corrected chi connectivity index (χ1v) is 9.45. The largest absolute Gasteiger partial charge is 0.381 e. The van der Waals surface area contributed by atoms with Gasteiger partial charge in [0, 0.05) is 32.7 Å². The van der Waals surface area contributed by atoms with Crippen LogP contribution >= 0.6 is 0 Å². The molecule has 0 N–H and O–H groups in total. The summed E-state index contributed by atoms with van der Waals surface area (Å²) < 4.78 is 44.0. The molecule has 3 fully saturated rings. The minimum Gasteiger partial charge on any atom is -0.381 e. The first-order valence-electron chi connectivity index (χ1n) is 7.84. The normalized spacial score (nSPS) is 38.3. The highest BCUT2D eigenvalue weighted by Crippen LogP contribution is 2.32. The van der Waals surface area contributed by atoms with Gasteiger partial charge in [-0.05, 0) is 18.8 Å². The van der Waals surface area contributed by atoms with Gasteiger partial charge in [0.05, 0.1) is 25.1 Å². The molecule has 0 bridgehead atoms. The van der Waals surface area contributed by atoms with E-state index >= 15 is 0 Å². The number of rotatable bonds is 4. The van der Waals surface area contributed by atoms with E-state index < -0.39 is 15.6 Å². The van der Waals surface area contributed by atoms with Crippen LogP contribution in [-0.2, 0) is 24.2 Å². The van der Waals surface area contributed by atoms with Crippen LogP contribution in [0.25, 0.3) is 0 Å². The summed E-state index contributed by atoms with van der Waals surface area (Å²) in [7, 11) is -3.26. The second kappa shape index (κ2) is 6.12. The molecular formula is C14H25NO5S. The lowest BCUT2D eigenvalue weighted by atomic mass is 10.00. The van der Waals surface area contributed by atoms with Crippen LogP contribution in [0, 0.1) is 5.92 Å². The van der Waals surface area contributed by atoms with Gasteiger partial charge in [0.2, 0.25) is 10.0 Å². The number of ether oxygens (including phenoxy) is 3. The average Bonchev–Trinajstić information content (AvgIpc) is 3.10. The summed E-state index contributed by atoms with van der Waals surface area (Å²) in [6.07, 6.45) is 2.41. The summed E-state index contributed by atoms with van der Waals surface area (Å²) >= 11 is 0. The van der Waals surface area contributed by atoms with E-state index in [0.717, 1.165) is 19.3 Å². The van der Waals surface area contributed by atoms with Crippen LogP contribution in [0.4, 0.5) is 0 Å². The number of hydrogen-bond acceptors (Lipinski definition) is 5. The van der Waals surface area contributed by atoms with Crippen LogP contribution in [0.15, 0.2) is 0 Å². The van der Waals surface area contributed by atoms with Gasteiger partial charge in [-0.2, -0.15) is 4.31 Å². The summed E-state index contributed by atoms with van der Waals surface area (Å²) in [4.78, 5) is 0. The van der Waals surface area contributed by atoms with Crippen molar-refractivity contribution in [2.75, 3.05) is 45.3 Å². The van der Waals surface area contributed by atoms with Gasteiger partial charge < -0.3 is 14.2 Å². The van der Waals surface area contributed by atoms with E-state index in [2.05, 4.69) is 0 Å². The number of sulfonamides is 1. The fourth-order valence-electron chi connectivity index (χ4n) is 3.39. The predicted octanol–water partition coefficient (Wildman–Crippen LogP) is 0.623. The Balaban J connectivity index is 1.72. The van der Waals surface area contributed by atoms with Crippen molar-refractivity contribution < 1.29 is 22.6 Å². The number of hydrogen-bond donors (Lipinski definition) is 0. The molecule has 3 unspecified atom stereocenters. The highest BCUT2D eigenvalue weighted by Gasteiger charge is 2.46. The molecule has 3 heterocycles. The Kier molecular flexibility index (Phi) is 4.57. The number of morpholine rings is 1. The Labute approximate surface area is 126 Å². The van der Waals surface area contributed by atoms with Crippen molar-refractivity contribution in [3.05, 3.63) is 0 Å². The van der Waals surface area contributed by atoms with Crippen LogP contribution in [0.5, 0.6) is 0 Å². The van der Waals surface area contributed by atoms with Gasteiger partial charge in [0.25, 0.3) is 0 Å². The molecular weight excluding hydrogens is 294 g/mol. The summed E-state index contributed by atoms with van der Waals surface area (Å²) in [5.74, 6) is 0.328. The van der Waals surface area contributed by atoms with Gasteiger partial charge in [-0.3, -0.25) is 0 Å². The first-order chi connectivity index (χ1) is 10.0. The second-order valence-electron chi connectivity index (χ2n) is 6.43. The van der Waals surface area contributed by atoms with Gasteiger partial charge in [-0.25, -0.2) is 8.42 Å². The third-order valence-electron chi connectivity index (χ3n) is 4.67. The standard InChI is InChI=1S/C14H25NO5S/c1-2-13-7-15(10-14(20-13)4-6-19-11-14)21(16,17)9-12-3-5-18-8-12/h12-13H,2-11H2,1H3. The van der Waals surface area contributed by atoms with Crippen molar-refractivity contribution in [2.45, 2.75) is 37.9 Å². The Bertz CT molecular complexity index is 454. The Hall–Kier alpha value is -0.210. The fraction of sp³-hybridized carbons (Fsp3) is 1.00. The van der Waals surface area contributed by atoms with E-state index in [-0.39, 0.29) is 17.8 Å². The molecule has 0 aromatic rings. The van der Waals surface area contributed by atoms with E-state index in [9.17, 15) is 8.42 Å². The molecule has 6 nitrogen and oxygen atoms in total. The summed E-state index contributed by atoms with van der Waals surface area (Å²) in [5, 5.41) is 0. The van der Waals surface area contributed by atoms with Gasteiger partial charge in [-0.1, -0.05) is 6.92 Å². The lowest BCUT2D eigenvalue weighted by Gasteiger charge is -2.43. The molecule has 0 aromatic heterocycles. The summed E-state index contributed by atoms with van der Waals surface area (Å²) in [6, 6.07) is 0. The molecule has 3 atom stereocenters. The minimum atomic E-state index is -3.26. The van der Waals surface area contributed by atoms with Crippen molar-refractivity contribution in [2.24, 2.45) is 5.92 Å². The van der Waals surface area contributed by atoms with Gasteiger partial charge >= 0.3 is 0 Å². The quantitative estimate of drug-likeness (QED) is 0.760. The maximum atomic E-state index is 12.7. The van der Waals surface area contributed by atoms with Crippen molar-refractivity contribution in [3.8, 4) is 0 Å². The van der Waals surface area contributed by atoms with Gasteiger partial charge in [-0.15, -0.1) is 0 Å². The molecule has 0 aromatic carbocycles. The van der Waals surface area contributed by atoms with Crippen molar-refractivity contribution >= 4 is 10.0 Å². The van der Waals surface area contributed by atoms with E-state index in [4.69, 9.17) is 14.2 Å². The molecule has 0 saturated carbocycles. The minimum absolute atomic E-state index is 0.0324. The highest BCUT2D eigenvalue weighted by molar-refractivity contribution is 7.89. The van der Waals surface area contributed by atoms with Crippen LogP contribution in [-0.4, -0.2) is 69.7 Å². The predicted molar refractivity (Wildman–Crippen MR) is 77.6 cm³/mol. The zero-order valence-electron chi connectivity index (χ0n) is 12.6.